The van der Waals surface area contributed by atoms with Crippen molar-refractivity contribution in [3.63, 3.8) is 0 Å². The summed E-state index contributed by atoms with van der Waals surface area (Å²) in [5.41, 5.74) is 5.88. The molecule has 0 saturated heterocycles. The van der Waals surface area contributed by atoms with E-state index in [4.69, 9.17) is 4.74 Å². The molecule has 0 radical (unpaired) electrons. The smallest absolute Gasteiger partial charge is 0.266 e. The summed E-state index contributed by atoms with van der Waals surface area (Å²) in [5, 5.41) is 12.2. The first-order chi connectivity index (χ1) is 14.4. The number of nitriles is 1. The van der Waals surface area contributed by atoms with Crippen molar-refractivity contribution in [1.82, 2.24) is 0 Å². The number of carbonyl (C=O) groups is 1. The summed E-state index contributed by atoms with van der Waals surface area (Å²) in [6.07, 6.45) is 1.57. The van der Waals surface area contributed by atoms with Crippen molar-refractivity contribution in [1.29, 1.82) is 5.26 Å². The molecule has 4 nitrogen and oxygen atoms in total. The van der Waals surface area contributed by atoms with Crippen LogP contribution in [-0.2, 0) is 11.4 Å². The van der Waals surface area contributed by atoms with Crippen LogP contribution in [-0.4, -0.2) is 5.91 Å². The average molecular weight is 396 g/mol. The Morgan fingerprint density at radius 1 is 0.967 bits per heavy atom. The van der Waals surface area contributed by atoms with Crippen molar-refractivity contribution in [3.05, 3.63) is 100 Å². The van der Waals surface area contributed by atoms with E-state index in [1.165, 1.54) is 5.56 Å². The van der Waals surface area contributed by atoms with Crippen LogP contribution in [0.1, 0.15) is 27.8 Å². The summed E-state index contributed by atoms with van der Waals surface area (Å²) in [7, 11) is 0. The maximum absolute atomic E-state index is 12.5. The van der Waals surface area contributed by atoms with Crippen LogP contribution in [0, 0.1) is 32.1 Å². The first-order valence-electron chi connectivity index (χ1n) is 9.73. The zero-order valence-electron chi connectivity index (χ0n) is 17.4. The highest BCUT2D eigenvalue weighted by atomic mass is 16.5. The number of nitrogens with zero attached hydrogens (tertiary/aromatic N) is 1. The number of hydrogen-bond donors (Lipinski definition) is 1. The molecule has 0 atom stereocenters. The van der Waals surface area contributed by atoms with Crippen LogP contribution in [0.3, 0.4) is 0 Å². The lowest BCUT2D eigenvalue weighted by Crippen LogP contribution is -2.14. The lowest BCUT2D eigenvalue weighted by molar-refractivity contribution is -0.112. The van der Waals surface area contributed by atoms with E-state index >= 15 is 0 Å². The Balaban J connectivity index is 1.65. The van der Waals surface area contributed by atoms with Gasteiger partial charge in [-0.1, -0.05) is 59.7 Å². The molecule has 0 fully saturated rings. The first-order valence-corrected chi connectivity index (χ1v) is 9.73. The average Bonchev–Trinajstić information content (AvgIpc) is 2.74. The Morgan fingerprint density at radius 3 is 2.27 bits per heavy atom. The third kappa shape index (κ3) is 5.59. The van der Waals surface area contributed by atoms with Crippen LogP contribution in [0.4, 0.5) is 5.69 Å². The molecule has 1 amide bonds. The maximum atomic E-state index is 12.5. The van der Waals surface area contributed by atoms with E-state index in [1.54, 1.807) is 6.08 Å². The van der Waals surface area contributed by atoms with Crippen molar-refractivity contribution in [2.45, 2.75) is 27.4 Å². The number of ether oxygens (including phenoxy) is 1. The fourth-order valence-electron chi connectivity index (χ4n) is 2.97. The normalized spacial score (nSPS) is 10.9. The topological polar surface area (TPSA) is 62.1 Å². The molecule has 4 heteroatoms. The number of anilines is 1. The SMILES string of the molecule is Cc1ccc(COc2ccc(/C=C(\C#N)C(=O)Nc3ccc(C)cc3C)cc2)cc1. The fourth-order valence-corrected chi connectivity index (χ4v) is 2.97. The van der Waals surface area contributed by atoms with Crippen LogP contribution >= 0.6 is 0 Å². The fraction of sp³-hybridized carbons (Fsp3) is 0.154. The summed E-state index contributed by atoms with van der Waals surface area (Å²) in [4.78, 5) is 12.5. The molecule has 3 rings (SSSR count). The Morgan fingerprint density at radius 2 is 1.63 bits per heavy atom. The summed E-state index contributed by atoms with van der Waals surface area (Å²) < 4.78 is 5.80. The van der Waals surface area contributed by atoms with Gasteiger partial charge in [-0.3, -0.25) is 4.79 Å². The van der Waals surface area contributed by atoms with Crippen molar-refractivity contribution in [2.24, 2.45) is 0 Å². The van der Waals surface area contributed by atoms with E-state index in [0.717, 1.165) is 28.0 Å². The van der Waals surface area contributed by atoms with E-state index in [2.05, 4.69) is 24.4 Å². The van der Waals surface area contributed by atoms with E-state index in [9.17, 15) is 10.1 Å². The Kier molecular flexibility index (Phi) is 6.67. The molecule has 1 N–H and O–H groups in total. The van der Waals surface area contributed by atoms with Gasteiger partial charge < -0.3 is 10.1 Å². The minimum Gasteiger partial charge on any atom is -0.489 e. The van der Waals surface area contributed by atoms with Crippen molar-refractivity contribution in [3.8, 4) is 11.8 Å². The number of carbonyl (C=O) groups excluding carboxylic acids is 1. The van der Waals surface area contributed by atoms with Gasteiger partial charge in [-0.15, -0.1) is 0 Å². The number of hydrogen-bond acceptors (Lipinski definition) is 3. The van der Waals surface area contributed by atoms with Gasteiger partial charge in [-0.05, 0) is 61.7 Å². The highest BCUT2D eigenvalue weighted by molar-refractivity contribution is 6.09. The Bertz CT molecular complexity index is 1110. The van der Waals surface area contributed by atoms with Crippen molar-refractivity contribution < 1.29 is 9.53 Å². The molecule has 30 heavy (non-hydrogen) atoms. The van der Waals surface area contributed by atoms with Crippen molar-refractivity contribution >= 4 is 17.7 Å². The van der Waals surface area contributed by atoms with Crippen LogP contribution in [0.2, 0.25) is 0 Å². The summed E-state index contributed by atoms with van der Waals surface area (Å²) in [6, 6.07) is 23.2. The predicted octanol–water partition coefficient (Wildman–Crippen LogP) is 5.74. The number of amides is 1. The largest absolute Gasteiger partial charge is 0.489 e. The van der Waals surface area contributed by atoms with Crippen LogP contribution in [0.5, 0.6) is 5.75 Å². The van der Waals surface area contributed by atoms with E-state index in [-0.39, 0.29) is 5.57 Å². The second kappa shape index (κ2) is 9.58. The molecule has 0 spiro atoms. The quantitative estimate of drug-likeness (QED) is 0.427. The van der Waals surface area contributed by atoms with Crippen LogP contribution in [0.25, 0.3) is 6.08 Å². The Labute approximate surface area is 177 Å². The monoisotopic (exact) mass is 396 g/mol. The third-order valence-electron chi connectivity index (χ3n) is 4.71. The molecular weight excluding hydrogens is 372 g/mol. The number of benzene rings is 3. The molecule has 3 aromatic carbocycles. The van der Waals surface area contributed by atoms with Gasteiger partial charge in [-0.25, -0.2) is 0 Å². The van der Waals surface area contributed by atoms with Crippen molar-refractivity contribution in [2.75, 3.05) is 5.32 Å². The van der Waals surface area contributed by atoms with Crippen LogP contribution < -0.4 is 10.1 Å². The first kappa shape index (κ1) is 20.9. The number of nitrogens with one attached hydrogen (secondary N) is 1. The van der Waals surface area contributed by atoms with Gasteiger partial charge in [0.2, 0.25) is 0 Å². The molecule has 0 saturated carbocycles. The summed E-state index contributed by atoms with van der Waals surface area (Å²) in [6.45, 7) is 6.45. The molecule has 0 aliphatic carbocycles. The van der Waals surface area contributed by atoms with Gasteiger partial charge in [0.25, 0.3) is 5.91 Å². The number of rotatable bonds is 6. The highest BCUT2D eigenvalue weighted by Gasteiger charge is 2.11. The summed E-state index contributed by atoms with van der Waals surface area (Å²) in [5.74, 6) is 0.301. The molecule has 150 valence electrons. The van der Waals surface area contributed by atoms with Gasteiger partial charge >= 0.3 is 0 Å². The summed E-state index contributed by atoms with van der Waals surface area (Å²) >= 11 is 0. The highest BCUT2D eigenvalue weighted by Crippen LogP contribution is 2.19. The van der Waals surface area contributed by atoms with Gasteiger partial charge in [0.1, 0.15) is 24.0 Å². The van der Waals surface area contributed by atoms with Gasteiger partial charge in [0, 0.05) is 5.69 Å². The zero-order chi connectivity index (χ0) is 21.5. The molecule has 0 aliphatic rings. The molecule has 0 bridgehead atoms. The number of aryl methyl sites for hydroxylation is 3. The van der Waals surface area contributed by atoms with Gasteiger partial charge in [-0.2, -0.15) is 5.26 Å². The van der Waals surface area contributed by atoms with E-state index in [0.29, 0.717) is 12.3 Å². The molecule has 0 heterocycles. The Hall–Kier alpha value is -3.84. The third-order valence-corrected chi connectivity index (χ3v) is 4.71. The minimum atomic E-state index is -0.427. The molecule has 0 aliphatic heterocycles. The second-order valence-corrected chi connectivity index (χ2v) is 7.29. The molecule has 0 aromatic heterocycles. The minimum absolute atomic E-state index is 0.0447. The zero-order valence-corrected chi connectivity index (χ0v) is 17.4. The van der Waals surface area contributed by atoms with E-state index < -0.39 is 5.91 Å². The predicted molar refractivity (Wildman–Crippen MR) is 120 cm³/mol. The van der Waals surface area contributed by atoms with Gasteiger partial charge in [0.15, 0.2) is 0 Å². The second-order valence-electron chi connectivity index (χ2n) is 7.29. The molecule has 0 unspecified atom stereocenters. The lowest BCUT2D eigenvalue weighted by Gasteiger charge is -2.09. The molecule has 3 aromatic rings. The standard InChI is InChI=1S/C26H24N2O2/c1-18-4-7-22(8-5-18)17-30-24-11-9-21(10-12-24)15-23(16-27)26(29)28-25-13-6-19(2)14-20(25)3/h4-15H,17H2,1-3H3,(H,28,29)/b23-15+. The maximum Gasteiger partial charge on any atom is 0.266 e. The van der Waals surface area contributed by atoms with Gasteiger partial charge in [0.05, 0.1) is 0 Å². The molecular formula is C26H24N2O2. The van der Waals surface area contributed by atoms with Crippen LogP contribution in [0.15, 0.2) is 72.3 Å². The van der Waals surface area contributed by atoms with E-state index in [1.807, 2.05) is 74.5 Å². The lowest BCUT2D eigenvalue weighted by atomic mass is 10.1.